The average molecular weight is 280 g/mol. The van der Waals surface area contributed by atoms with Gasteiger partial charge in [-0.25, -0.2) is 4.98 Å². The van der Waals surface area contributed by atoms with Gasteiger partial charge >= 0.3 is 0 Å². The summed E-state index contributed by atoms with van der Waals surface area (Å²) in [5.74, 6) is 0. The molecule has 0 aromatic carbocycles. The standard InChI is InChI=1S/C14H20N2S2/c1-4-14-16-12(9-17-14)8-15-10(2)7-13-6-5-11(3)18-13/h5-6,9-10,15H,4,7-8H2,1-3H3. The van der Waals surface area contributed by atoms with Gasteiger partial charge in [0.05, 0.1) is 10.7 Å². The lowest BCUT2D eigenvalue weighted by atomic mass is 10.2. The van der Waals surface area contributed by atoms with E-state index in [1.165, 1.54) is 20.5 Å². The quantitative estimate of drug-likeness (QED) is 0.870. The van der Waals surface area contributed by atoms with Crippen LogP contribution in [-0.2, 0) is 19.4 Å². The van der Waals surface area contributed by atoms with Crippen LogP contribution < -0.4 is 5.32 Å². The molecule has 0 saturated heterocycles. The van der Waals surface area contributed by atoms with E-state index < -0.39 is 0 Å². The molecule has 1 atom stereocenters. The normalized spacial score (nSPS) is 12.8. The smallest absolute Gasteiger partial charge is 0.0926 e. The third kappa shape index (κ3) is 3.90. The number of nitrogens with zero attached hydrogens (tertiary/aromatic N) is 1. The van der Waals surface area contributed by atoms with E-state index in [4.69, 9.17) is 0 Å². The molecule has 2 rings (SSSR count). The molecule has 0 spiro atoms. The van der Waals surface area contributed by atoms with Crippen LogP contribution in [0.3, 0.4) is 0 Å². The van der Waals surface area contributed by atoms with E-state index in [1.54, 1.807) is 11.3 Å². The highest BCUT2D eigenvalue weighted by molar-refractivity contribution is 7.11. The molecule has 2 aromatic heterocycles. The minimum absolute atomic E-state index is 0.495. The molecule has 1 unspecified atom stereocenters. The topological polar surface area (TPSA) is 24.9 Å². The minimum atomic E-state index is 0.495. The molecule has 2 nitrogen and oxygen atoms in total. The second-order valence-corrected chi connectivity index (χ2v) is 6.90. The van der Waals surface area contributed by atoms with Crippen molar-refractivity contribution < 1.29 is 0 Å². The number of aromatic nitrogens is 1. The van der Waals surface area contributed by atoms with E-state index >= 15 is 0 Å². The van der Waals surface area contributed by atoms with Gasteiger partial charge in [0.15, 0.2) is 0 Å². The maximum absolute atomic E-state index is 4.57. The van der Waals surface area contributed by atoms with Crippen LogP contribution in [0.5, 0.6) is 0 Å². The van der Waals surface area contributed by atoms with Crippen molar-refractivity contribution in [1.29, 1.82) is 0 Å². The lowest BCUT2D eigenvalue weighted by Gasteiger charge is -2.11. The Morgan fingerprint density at radius 3 is 2.83 bits per heavy atom. The summed E-state index contributed by atoms with van der Waals surface area (Å²) >= 11 is 3.65. The molecule has 0 fully saturated rings. The van der Waals surface area contributed by atoms with Crippen LogP contribution in [0.2, 0.25) is 0 Å². The Morgan fingerprint density at radius 1 is 1.39 bits per heavy atom. The molecular formula is C14H20N2S2. The fourth-order valence-corrected chi connectivity index (χ4v) is 3.60. The lowest BCUT2D eigenvalue weighted by molar-refractivity contribution is 0.543. The fourth-order valence-electron chi connectivity index (χ4n) is 1.84. The van der Waals surface area contributed by atoms with Gasteiger partial charge in [-0.2, -0.15) is 0 Å². The van der Waals surface area contributed by atoms with E-state index in [0.717, 1.165) is 19.4 Å². The van der Waals surface area contributed by atoms with Gasteiger partial charge in [0, 0.05) is 27.7 Å². The van der Waals surface area contributed by atoms with Gasteiger partial charge < -0.3 is 5.32 Å². The Hall–Kier alpha value is -0.710. The molecule has 0 bridgehead atoms. The fraction of sp³-hybridized carbons (Fsp3) is 0.500. The monoisotopic (exact) mass is 280 g/mol. The maximum atomic E-state index is 4.57. The van der Waals surface area contributed by atoms with Gasteiger partial charge in [-0.3, -0.25) is 0 Å². The van der Waals surface area contributed by atoms with Crippen LogP contribution >= 0.6 is 22.7 Å². The van der Waals surface area contributed by atoms with E-state index in [-0.39, 0.29) is 0 Å². The molecule has 0 aliphatic carbocycles. The predicted octanol–water partition coefficient (Wildman–Crippen LogP) is 3.80. The summed E-state index contributed by atoms with van der Waals surface area (Å²) in [6, 6.07) is 4.92. The number of nitrogens with one attached hydrogen (secondary N) is 1. The summed E-state index contributed by atoms with van der Waals surface area (Å²) in [6.45, 7) is 7.43. The summed E-state index contributed by atoms with van der Waals surface area (Å²) in [4.78, 5) is 7.42. The van der Waals surface area contributed by atoms with Crippen LogP contribution in [0.15, 0.2) is 17.5 Å². The summed E-state index contributed by atoms with van der Waals surface area (Å²) in [5.41, 5.74) is 1.17. The van der Waals surface area contributed by atoms with Gasteiger partial charge in [0.25, 0.3) is 0 Å². The van der Waals surface area contributed by atoms with Crippen molar-refractivity contribution in [2.24, 2.45) is 0 Å². The molecule has 0 aliphatic rings. The molecule has 0 amide bonds. The van der Waals surface area contributed by atoms with Crippen molar-refractivity contribution in [3.8, 4) is 0 Å². The largest absolute Gasteiger partial charge is 0.308 e. The van der Waals surface area contributed by atoms with Crippen molar-refractivity contribution in [2.75, 3.05) is 0 Å². The van der Waals surface area contributed by atoms with Gasteiger partial charge in [0.1, 0.15) is 0 Å². The van der Waals surface area contributed by atoms with E-state index in [2.05, 4.69) is 48.6 Å². The highest BCUT2D eigenvalue weighted by Gasteiger charge is 2.06. The third-order valence-electron chi connectivity index (χ3n) is 2.84. The van der Waals surface area contributed by atoms with Gasteiger partial charge in [-0.1, -0.05) is 6.92 Å². The van der Waals surface area contributed by atoms with Crippen molar-refractivity contribution >= 4 is 22.7 Å². The molecule has 4 heteroatoms. The van der Waals surface area contributed by atoms with Crippen LogP contribution in [0.25, 0.3) is 0 Å². The Morgan fingerprint density at radius 2 is 2.22 bits per heavy atom. The number of aryl methyl sites for hydroxylation is 2. The first-order chi connectivity index (χ1) is 8.67. The minimum Gasteiger partial charge on any atom is -0.308 e. The maximum Gasteiger partial charge on any atom is 0.0926 e. The number of hydrogen-bond acceptors (Lipinski definition) is 4. The van der Waals surface area contributed by atoms with Crippen LogP contribution in [-0.4, -0.2) is 11.0 Å². The van der Waals surface area contributed by atoms with Gasteiger partial charge in [0.2, 0.25) is 0 Å². The molecule has 2 heterocycles. The number of hydrogen-bond donors (Lipinski definition) is 1. The first-order valence-corrected chi connectivity index (χ1v) is 8.09. The van der Waals surface area contributed by atoms with E-state index in [9.17, 15) is 0 Å². The SMILES string of the molecule is CCc1nc(CNC(C)Cc2ccc(C)s2)cs1. The summed E-state index contributed by atoms with van der Waals surface area (Å²) in [5, 5.41) is 6.94. The van der Waals surface area contributed by atoms with Crippen LogP contribution in [0.1, 0.15) is 34.3 Å². The van der Waals surface area contributed by atoms with E-state index in [0.29, 0.717) is 6.04 Å². The molecule has 1 N–H and O–H groups in total. The molecule has 0 radical (unpaired) electrons. The van der Waals surface area contributed by atoms with Crippen molar-refractivity contribution in [2.45, 2.75) is 46.2 Å². The zero-order chi connectivity index (χ0) is 13.0. The van der Waals surface area contributed by atoms with Crippen molar-refractivity contribution in [3.63, 3.8) is 0 Å². The molecule has 98 valence electrons. The average Bonchev–Trinajstić information content (AvgIpc) is 2.95. The van der Waals surface area contributed by atoms with Crippen LogP contribution in [0, 0.1) is 6.92 Å². The predicted molar refractivity (Wildman–Crippen MR) is 80.6 cm³/mol. The molecule has 0 saturated carbocycles. The molecule has 18 heavy (non-hydrogen) atoms. The Labute approximate surface area is 117 Å². The summed E-state index contributed by atoms with van der Waals surface area (Å²) in [6.07, 6.45) is 2.14. The number of rotatable bonds is 6. The molecule has 0 aliphatic heterocycles. The first-order valence-electron chi connectivity index (χ1n) is 6.39. The molecular weight excluding hydrogens is 260 g/mol. The van der Waals surface area contributed by atoms with Crippen LogP contribution in [0.4, 0.5) is 0 Å². The van der Waals surface area contributed by atoms with Crippen molar-refractivity contribution in [1.82, 2.24) is 10.3 Å². The summed E-state index contributed by atoms with van der Waals surface area (Å²) < 4.78 is 0. The third-order valence-corrected chi connectivity index (χ3v) is 4.90. The zero-order valence-corrected chi connectivity index (χ0v) is 12.8. The number of thiazole rings is 1. The van der Waals surface area contributed by atoms with Gasteiger partial charge in [-0.05, 0) is 38.8 Å². The zero-order valence-electron chi connectivity index (χ0n) is 11.2. The van der Waals surface area contributed by atoms with Gasteiger partial charge in [-0.15, -0.1) is 22.7 Å². The highest BCUT2D eigenvalue weighted by atomic mass is 32.1. The lowest BCUT2D eigenvalue weighted by Crippen LogP contribution is -2.27. The molecule has 2 aromatic rings. The summed E-state index contributed by atoms with van der Waals surface area (Å²) in [7, 11) is 0. The Bertz CT molecular complexity index is 487. The second kappa shape index (κ2) is 6.45. The Balaban J connectivity index is 1.79. The first kappa shape index (κ1) is 13.7. The number of thiophene rings is 1. The van der Waals surface area contributed by atoms with E-state index in [1.807, 2.05) is 11.3 Å². The second-order valence-electron chi connectivity index (χ2n) is 4.58. The van der Waals surface area contributed by atoms with Crippen molar-refractivity contribution in [3.05, 3.63) is 38.0 Å². The highest BCUT2D eigenvalue weighted by Crippen LogP contribution is 2.17. The Kier molecular flexibility index (Phi) is 4.92.